The van der Waals surface area contributed by atoms with Crippen LogP contribution in [0.25, 0.3) is 11.3 Å². The minimum absolute atomic E-state index is 0.0578. The molecule has 3 aromatic rings. The van der Waals surface area contributed by atoms with Crippen LogP contribution in [0.15, 0.2) is 47.1 Å². The van der Waals surface area contributed by atoms with E-state index in [0.717, 1.165) is 17.7 Å². The highest BCUT2D eigenvalue weighted by Crippen LogP contribution is 2.26. The maximum atomic E-state index is 14.1. The highest BCUT2D eigenvalue weighted by atomic mass is 35.5. The molecule has 2 aromatic carbocycles. The number of ether oxygens (including phenoxy) is 1. The third-order valence-corrected chi connectivity index (χ3v) is 3.90. The van der Waals surface area contributed by atoms with Gasteiger partial charge in [0, 0.05) is 10.6 Å². The summed E-state index contributed by atoms with van der Waals surface area (Å²) in [5.41, 5.74) is 5.21. The molecule has 0 radical (unpaired) electrons. The number of carbonyl (C=O) groups is 1. The Hall–Kier alpha value is -2.97. The highest BCUT2D eigenvalue weighted by Gasteiger charge is 2.21. The number of nitrogens with two attached hydrogens (primary N) is 1. The van der Waals surface area contributed by atoms with Crippen molar-refractivity contribution in [1.82, 2.24) is 4.98 Å². The number of primary amides is 1. The minimum atomic E-state index is -1.33. The molecule has 0 spiro atoms. The SMILES string of the molecule is NC(=O)c1c(F)ccc(OCC(O)c2nc(-c3ccc(Cl)cc3)co2)c1F. The lowest BCUT2D eigenvalue weighted by Crippen LogP contribution is -2.17. The van der Waals surface area contributed by atoms with Crippen LogP contribution in [0.4, 0.5) is 8.78 Å². The lowest BCUT2D eigenvalue weighted by molar-refractivity contribution is 0.0819. The van der Waals surface area contributed by atoms with Crippen LogP contribution in [-0.4, -0.2) is 22.6 Å². The number of rotatable bonds is 6. The number of aromatic nitrogens is 1. The summed E-state index contributed by atoms with van der Waals surface area (Å²) in [5.74, 6) is -4.11. The van der Waals surface area contributed by atoms with Gasteiger partial charge in [0.1, 0.15) is 29.9 Å². The second-order valence-electron chi connectivity index (χ2n) is 5.50. The summed E-state index contributed by atoms with van der Waals surface area (Å²) in [4.78, 5) is 15.3. The normalized spacial score (nSPS) is 12.0. The highest BCUT2D eigenvalue weighted by molar-refractivity contribution is 6.30. The Bertz CT molecular complexity index is 976. The van der Waals surface area contributed by atoms with Gasteiger partial charge in [0.15, 0.2) is 17.7 Å². The first-order valence-corrected chi connectivity index (χ1v) is 8.04. The van der Waals surface area contributed by atoms with Crippen molar-refractivity contribution in [2.24, 2.45) is 5.73 Å². The van der Waals surface area contributed by atoms with E-state index in [0.29, 0.717) is 10.7 Å². The number of hydrogen-bond donors (Lipinski definition) is 2. The molecule has 0 aliphatic carbocycles. The smallest absolute Gasteiger partial charge is 0.254 e. The van der Waals surface area contributed by atoms with E-state index in [1.807, 2.05) is 0 Å². The number of nitrogens with zero attached hydrogens (tertiary/aromatic N) is 1. The van der Waals surface area contributed by atoms with Gasteiger partial charge in [-0.25, -0.2) is 13.8 Å². The van der Waals surface area contributed by atoms with E-state index in [-0.39, 0.29) is 5.89 Å². The molecule has 27 heavy (non-hydrogen) atoms. The molecule has 0 aliphatic heterocycles. The fourth-order valence-electron chi connectivity index (χ4n) is 2.30. The second kappa shape index (κ2) is 7.73. The molecule has 3 N–H and O–H groups in total. The number of hydrogen-bond acceptors (Lipinski definition) is 5. The molecule has 3 rings (SSSR count). The Labute approximate surface area is 157 Å². The number of benzene rings is 2. The van der Waals surface area contributed by atoms with Gasteiger partial charge in [-0.1, -0.05) is 23.7 Å². The number of halogens is 3. The van der Waals surface area contributed by atoms with Crippen LogP contribution in [0.5, 0.6) is 5.75 Å². The van der Waals surface area contributed by atoms with E-state index in [4.69, 9.17) is 26.5 Å². The minimum Gasteiger partial charge on any atom is -0.487 e. The lowest BCUT2D eigenvalue weighted by atomic mass is 10.1. The quantitative estimate of drug-likeness (QED) is 0.666. The van der Waals surface area contributed by atoms with Crippen LogP contribution in [0.3, 0.4) is 0 Å². The zero-order chi connectivity index (χ0) is 19.6. The number of aliphatic hydroxyl groups excluding tert-OH is 1. The van der Waals surface area contributed by atoms with E-state index in [9.17, 15) is 18.7 Å². The van der Waals surface area contributed by atoms with Crippen LogP contribution in [0.1, 0.15) is 22.4 Å². The fraction of sp³-hybridized carbons (Fsp3) is 0.111. The van der Waals surface area contributed by atoms with E-state index in [1.165, 1.54) is 6.26 Å². The van der Waals surface area contributed by atoms with E-state index < -0.39 is 41.6 Å². The lowest BCUT2D eigenvalue weighted by Gasteiger charge is -2.11. The molecule has 140 valence electrons. The van der Waals surface area contributed by atoms with Gasteiger partial charge in [-0.2, -0.15) is 0 Å². The number of amides is 1. The summed E-state index contributed by atoms with van der Waals surface area (Å²) in [7, 11) is 0. The average Bonchev–Trinajstić information content (AvgIpc) is 3.11. The molecule has 1 unspecified atom stereocenters. The van der Waals surface area contributed by atoms with Gasteiger partial charge in [-0.05, 0) is 24.3 Å². The first-order valence-electron chi connectivity index (χ1n) is 7.67. The van der Waals surface area contributed by atoms with Gasteiger partial charge in [-0.3, -0.25) is 4.79 Å². The van der Waals surface area contributed by atoms with Gasteiger partial charge < -0.3 is 20.0 Å². The molecule has 9 heteroatoms. The third-order valence-electron chi connectivity index (χ3n) is 3.65. The standard InChI is InChI=1S/C18H13ClF2N2O4/c19-10-3-1-9(2-4-10)12-7-27-18(23-12)13(24)8-26-14-6-5-11(20)15(16(14)21)17(22)25/h1-7,13,24H,8H2,(H2,22,25). The zero-order valence-electron chi connectivity index (χ0n) is 13.7. The van der Waals surface area contributed by atoms with Crippen LogP contribution in [0.2, 0.25) is 5.02 Å². The Balaban J connectivity index is 1.72. The largest absolute Gasteiger partial charge is 0.487 e. The summed E-state index contributed by atoms with van der Waals surface area (Å²) in [6.07, 6.45) is 0.0124. The number of aliphatic hydroxyl groups is 1. The van der Waals surface area contributed by atoms with Crippen molar-refractivity contribution in [1.29, 1.82) is 0 Å². The molecule has 0 aliphatic rings. The van der Waals surface area contributed by atoms with E-state index >= 15 is 0 Å². The molecule has 0 fully saturated rings. The number of oxazole rings is 1. The maximum Gasteiger partial charge on any atom is 0.254 e. The Morgan fingerprint density at radius 3 is 2.63 bits per heavy atom. The summed E-state index contributed by atoms with van der Waals surface area (Å²) in [6.45, 7) is -0.443. The summed E-state index contributed by atoms with van der Waals surface area (Å²) in [5, 5.41) is 10.7. The van der Waals surface area contributed by atoms with Gasteiger partial charge >= 0.3 is 0 Å². The van der Waals surface area contributed by atoms with Gasteiger partial charge in [0.25, 0.3) is 5.91 Å². The molecule has 6 nitrogen and oxygen atoms in total. The van der Waals surface area contributed by atoms with Crippen molar-refractivity contribution in [3.05, 3.63) is 70.8 Å². The predicted octanol–water partition coefficient (Wildman–Crippen LogP) is 3.48. The molecular formula is C18H13ClF2N2O4. The Morgan fingerprint density at radius 2 is 1.96 bits per heavy atom. The molecule has 0 bridgehead atoms. The fourth-order valence-corrected chi connectivity index (χ4v) is 2.43. The summed E-state index contributed by atoms with van der Waals surface area (Å²) >= 11 is 5.82. The van der Waals surface area contributed by atoms with Crippen LogP contribution in [0, 0.1) is 11.6 Å². The molecular weight excluding hydrogens is 382 g/mol. The summed E-state index contributed by atoms with van der Waals surface area (Å²) in [6, 6.07) is 8.64. The molecule has 1 heterocycles. The first kappa shape index (κ1) is 18.8. The van der Waals surface area contributed by atoms with Crippen molar-refractivity contribution in [3.63, 3.8) is 0 Å². The van der Waals surface area contributed by atoms with Gasteiger partial charge in [-0.15, -0.1) is 0 Å². The zero-order valence-corrected chi connectivity index (χ0v) is 14.4. The third kappa shape index (κ3) is 4.07. The molecule has 1 amide bonds. The van der Waals surface area contributed by atoms with Gasteiger partial charge in [0.05, 0.1) is 0 Å². The molecule has 0 saturated carbocycles. The van der Waals surface area contributed by atoms with Gasteiger partial charge in [0.2, 0.25) is 5.89 Å². The Morgan fingerprint density at radius 1 is 1.26 bits per heavy atom. The van der Waals surface area contributed by atoms with Crippen molar-refractivity contribution >= 4 is 17.5 Å². The monoisotopic (exact) mass is 394 g/mol. The van der Waals surface area contributed by atoms with Crippen LogP contribution in [-0.2, 0) is 0 Å². The number of carbonyl (C=O) groups excluding carboxylic acids is 1. The van der Waals surface area contributed by atoms with Crippen molar-refractivity contribution in [2.75, 3.05) is 6.61 Å². The molecule has 1 aromatic heterocycles. The Kier molecular flexibility index (Phi) is 5.38. The van der Waals surface area contributed by atoms with Crippen molar-refractivity contribution < 1.29 is 27.8 Å². The maximum absolute atomic E-state index is 14.1. The van der Waals surface area contributed by atoms with Crippen LogP contribution < -0.4 is 10.5 Å². The van der Waals surface area contributed by atoms with Crippen molar-refractivity contribution in [3.8, 4) is 17.0 Å². The van der Waals surface area contributed by atoms with E-state index in [2.05, 4.69) is 4.98 Å². The molecule has 0 saturated heterocycles. The van der Waals surface area contributed by atoms with E-state index in [1.54, 1.807) is 24.3 Å². The van der Waals surface area contributed by atoms with Crippen molar-refractivity contribution in [2.45, 2.75) is 6.10 Å². The second-order valence-corrected chi connectivity index (χ2v) is 5.94. The summed E-state index contributed by atoms with van der Waals surface area (Å²) < 4.78 is 37.9. The average molecular weight is 395 g/mol. The first-order chi connectivity index (χ1) is 12.9. The predicted molar refractivity (Wildman–Crippen MR) is 92.3 cm³/mol. The van der Waals surface area contributed by atoms with Crippen LogP contribution >= 0.6 is 11.6 Å². The topological polar surface area (TPSA) is 98.6 Å². The molecule has 1 atom stereocenters.